The molecule has 0 radical (unpaired) electrons. The number of hydrogen-bond donors (Lipinski definition) is 1. The summed E-state index contributed by atoms with van der Waals surface area (Å²) in [7, 11) is -3.17. The number of aryl methyl sites for hydroxylation is 1. The quantitative estimate of drug-likeness (QED) is 0.790. The van der Waals surface area contributed by atoms with Gasteiger partial charge in [-0.05, 0) is 17.5 Å². The molecule has 1 aliphatic rings. The molecular weight excluding hydrogens is 376 g/mol. The average molecular weight is 401 g/mol. The van der Waals surface area contributed by atoms with E-state index in [1.54, 1.807) is 0 Å². The predicted molar refractivity (Wildman–Crippen MR) is 102 cm³/mol. The Balaban J connectivity index is 0.00000243. The van der Waals surface area contributed by atoms with Gasteiger partial charge >= 0.3 is 0 Å². The summed E-state index contributed by atoms with van der Waals surface area (Å²) in [5.41, 5.74) is 2.57. The fourth-order valence-electron chi connectivity index (χ4n) is 3.06. The average Bonchev–Trinajstić information content (AvgIpc) is 3.00. The Labute approximate surface area is 160 Å². The zero-order valence-electron chi connectivity index (χ0n) is 15.0. The van der Waals surface area contributed by atoms with E-state index in [9.17, 15) is 8.42 Å². The van der Waals surface area contributed by atoms with Gasteiger partial charge in [0.2, 0.25) is 5.89 Å². The van der Waals surface area contributed by atoms with Gasteiger partial charge in [-0.3, -0.25) is 4.90 Å². The molecule has 1 unspecified atom stereocenters. The maximum atomic E-state index is 11.3. The third-order valence-electron chi connectivity index (χ3n) is 4.37. The number of rotatable bonds is 6. The molecule has 0 saturated carbocycles. The van der Waals surface area contributed by atoms with E-state index in [0.717, 1.165) is 32.3 Å². The van der Waals surface area contributed by atoms with Crippen LogP contribution in [0.5, 0.6) is 0 Å². The van der Waals surface area contributed by atoms with Crippen LogP contribution in [-0.4, -0.2) is 49.3 Å². The Morgan fingerprint density at radius 2 is 2.04 bits per heavy atom. The van der Waals surface area contributed by atoms with Gasteiger partial charge in [-0.2, -0.15) is 4.98 Å². The summed E-state index contributed by atoms with van der Waals surface area (Å²) in [5.74, 6) is 0.479. The molecule has 3 rings (SSSR count). The van der Waals surface area contributed by atoms with E-state index in [1.165, 1.54) is 11.1 Å². The third kappa shape index (κ3) is 5.51. The summed E-state index contributed by atoms with van der Waals surface area (Å²) < 4.78 is 27.9. The van der Waals surface area contributed by atoms with Crippen LogP contribution >= 0.6 is 12.4 Å². The van der Waals surface area contributed by atoms with Crippen LogP contribution in [0.3, 0.4) is 0 Å². The summed E-state index contributed by atoms with van der Waals surface area (Å²) >= 11 is 0. The van der Waals surface area contributed by atoms with Crippen LogP contribution in [0.15, 0.2) is 28.8 Å². The topological polar surface area (TPSA) is 88.3 Å². The highest BCUT2D eigenvalue weighted by Crippen LogP contribution is 2.24. The second-order valence-electron chi connectivity index (χ2n) is 6.46. The third-order valence-corrected chi connectivity index (χ3v) is 5.15. The number of nitrogens with one attached hydrogen (secondary N) is 1. The molecule has 0 spiro atoms. The van der Waals surface area contributed by atoms with Crippen LogP contribution in [-0.2, 0) is 28.6 Å². The van der Waals surface area contributed by atoms with Crippen molar-refractivity contribution in [3.8, 4) is 0 Å². The summed E-state index contributed by atoms with van der Waals surface area (Å²) in [6.45, 7) is 5.28. The molecule has 0 bridgehead atoms. The van der Waals surface area contributed by atoms with Crippen LogP contribution in [0.2, 0.25) is 0 Å². The molecule has 9 heteroatoms. The summed E-state index contributed by atoms with van der Waals surface area (Å²) in [5, 5.41) is 7.21. The SMILES string of the molecule is CCc1ccc(C2CNCCN2Cc2nc(CS(C)(=O)=O)no2)cc1.Cl. The summed E-state index contributed by atoms with van der Waals surface area (Å²) in [6, 6.07) is 8.90. The largest absolute Gasteiger partial charge is 0.338 e. The maximum absolute atomic E-state index is 11.3. The van der Waals surface area contributed by atoms with E-state index in [4.69, 9.17) is 4.52 Å². The highest BCUT2D eigenvalue weighted by molar-refractivity contribution is 7.89. The molecule has 1 aliphatic heterocycles. The van der Waals surface area contributed by atoms with E-state index in [-0.39, 0.29) is 30.0 Å². The smallest absolute Gasteiger partial charge is 0.240 e. The molecule has 1 N–H and O–H groups in total. The number of benzene rings is 1. The minimum Gasteiger partial charge on any atom is -0.338 e. The molecule has 0 aliphatic carbocycles. The lowest BCUT2D eigenvalue weighted by molar-refractivity contribution is 0.135. The first-order valence-corrected chi connectivity index (χ1v) is 10.5. The van der Waals surface area contributed by atoms with E-state index in [2.05, 4.69) is 51.5 Å². The molecule has 1 aromatic heterocycles. The maximum Gasteiger partial charge on any atom is 0.240 e. The molecule has 144 valence electrons. The lowest BCUT2D eigenvalue weighted by Crippen LogP contribution is -2.45. The molecule has 2 aromatic rings. The van der Waals surface area contributed by atoms with Crippen LogP contribution in [0.25, 0.3) is 0 Å². The number of nitrogens with zero attached hydrogens (tertiary/aromatic N) is 3. The van der Waals surface area contributed by atoms with Gasteiger partial charge in [-0.1, -0.05) is 36.3 Å². The fourth-order valence-corrected chi connectivity index (χ4v) is 3.65. The second-order valence-corrected chi connectivity index (χ2v) is 8.60. The van der Waals surface area contributed by atoms with Crippen molar-refractivity contribution >= 4 is 22.2 Å². The van der Waals surface area contributed by atoms with Crippen molar-refractivity contribution in [1.82, 2.24) is 20.4 Å². The first-order valence-electron chi connectivity index (χ1n) is 8.47. The Kier molecular flexibility index (Phi) is 7.16. The summed E-state index contributed by atoms with van der Waals surface area (Å²) in [6.07, 6.45) is 2.19. The van der Waals surface area contributed by atoms with Crippen molar-refractivity contribution in [3.05, 3.63) is 47.1 Å². The number of hydrogen-bond acceptors (Lipinski definition) is 7. The number of sulfone groups is 1. The van der Waals surface area contributed by atoms with Gasteiger partial charge in [0.15, 0.2) is 15.7 Å². The highest BCUT2D eigenvalue weighted by Gasteiger charge is 2.25. The molecule has 1 saturated heterocycles. The van der Waals surface area contributed by atoms with Crippen LogP contribution in [0.4, 0.5) is 0 Å². The Hall–Kier alpha value is -1.48. The van der Waals surface area contributed by atoms with Crippen molar-refractivity contribution in [2.24, 2.45) is 0 Å². The van der Waals surface area contributed by atoms with Crippen LogP contribution in [0, 0.1) is 0 Å². The van der Waals surface area contributed by atoms with Gasteiger partial charge in [-0.25, -0.2) is 8.42 Å². The van der Waals surface area contributed by atoms with Gasteiger partial charge < -0.3 is 9.84 Å². The lowest BCUT2D eigenvalue weighted by atomic mass is 10.0. The number of halogens is 1. The van der Waals surface area contributed by atoms with Crippen LogP contribution in [0.1, 0.15) is 35.8 Å². The van der Waals surface area contributed by atoms with Gasteiger partial charge in [0.25, 0.3) is 0 Å². The molecule has 2 heterocycles. The lowest BCUT2D eigenvalue weighted by Gasteiger charge is -2.35. The normalized spacial score (nSPS) is 18.5. The molecule has 1 aromatic carbocycles. The minimum absolute atomic E-state index is 0. The Morgan fingerprint density at radius 3 is 2.69 bits per heavy atom. The zero-order chi connectivity index (χ0) is 17.9. The molecule has 26 heavy (non-hydrogen) atoms. The Bertz CT molecular complexity index is 808. The van der Waals surface area contributed by atoms with Crippen molar-refractivity contribution < 1.29 is 12.9 Å². The molecule has 7 nitrogen and oxygen atoms in total. The molecule has 1 atom stereocenters. The first-order chi connectivity index (χ1) is 11.9. The van der Waals surface area contributed by atoms with Gasteiger partial charge in [0, 0.05) is 31.9 Å². The van der Waals surface area contributed by atoms with Crippen molar-refractivity contribution in [2.45, 2.75) is 31.7 Å². The predicted octanol–water partition coefficient (Wildman–Crippen LogP) is 1.74. The van der Waals surface area contributed by atoms with Gasteiger partial charge in [0.1, 0.15) is 5.75 Å². The van der Waals surface area contributed by atoms with E-state index >= 15 is 0 Å². The van der Waals surface area contributed by atoms with E-state index in [0.29, 0.717) is 12.4 Å². The number of piperazine rings is 1. The van der Waals surface area contributed by atoms with Gasteiger partial charge in [0.05, 0.1) is 6.54 Å². The standard InChI is InChI=1S/C17H24N4O3S.ClH/c1-3-13-4-6-14(7-5-13)15-10-18-8-9-21(15)11-17-19-16(20-24-17)12-25(2,22)23;/h4-7,15,18H,3,8-12H2,1-2H3;1H. The molecular formula is C17H25ClN4O3S. The van der Waals surface area contributed by atoms with E-state index < -0.39 is 9.84 Å². The van der Waals surface area contributed by atoms with Crippen molar-refractivity contribution in [3.63, 3.8) is 0 Å². The first kappa shape index (κ1) is 20.8. The van der Waals surface area contributed by atoms with Crippen molar-refractivity contribution in [2.75, 3.05) is 25.9 Å². The fraction of sp³-hybridized carbons (Fsp3) is 0.529. The minimum atomic E-state index is -3.17. The number of aromatic nitrogens is 2. The molecule has 0 amide bonds. The van der Waals surface area contributed by atoms with E-state index in [1.807, 2.05) is 0 Å². The van der Waals surface area contributed by atoms with Crippen molar-refractivity contribution in [1.29, 1.82) is 0 Å². The summed E-state index contributed by atoms with van der Waals surface area (Å²) in [4.78, 5) is 6.51. The monoisotopic (exact) mass is 400 g/mol. The zero-order valence-corrected chi connectivity index (χ0v) is 16.6. The second kappa shape index (κ2) is 8.94. The highest BCUT2D eigenvalue weighted by atomic mass is 35.5. The Morgan fingerprint density at radius 1 is 1.31 bits per heavy atom. The van der Waals surface area contributed by atoms with Crippen LogP contribution < -0.4 is 5.32 Å². The molecule has 1 fully saturated rings. The van der Waals surface area contributed by atoms with Gasteiger partial charge in [-0.15, -0.1) is 12.4 Å².